The zero-order chi connectivity index (χ0) is 32.3. The summed E-state index contributed by atoms with van der Waals surface area (Å²) in [6.45, 7) is 16.9. The quantitative estimate of drug-likeness (QED) is 0.105. The van der Waals surface area contributed by atoms with Crippen LogP contribution < -0.4 is 21.2 Å². The molecule has 0 spiro atoms. The van der Waals surface area contributed by atoms with E-state index in [0.717, 1.165) is 33.0 Å². The Hall–Kier alpha value is -2.70. The van der Waals surface area contributed by atoms with Crippen molar-refractivity contribution in [3.05, 3.63) is 135 Å². The fourth-order valence-electron chi connectivity index (χ4n) is 4.55. The Morgan fingerprint density at radius 3 is 1.11 bits per heavy atom. The maximum Gasteiger partial charge on any atom is 2.00 e. The van der Waals surface area contributed by atoms with Crippen LogP contribution in [0.4, 0.5) is 0 Å². The normalized spacial score (nSPS) is 10.1. The Morgan fingerprint density at radius 2 is 0.867 bits per heavy atom. The number of carbonyl (C=O) groups is 2. The summed E-state index contributed by atoms with van der Waals surface area (Å²) in [6, 6.07) is 44.1. The number of nitrogens with zero attached hydrogens (tertiary/aromatic N) is 1. The van der Waals surface area contributed by atoms with Gasteiger partial charge in [0.15, 0.2) is 0 Å². The molecule has 0 bridgehead atoms. The smallest absolute Gasteiger partial charge is 0.481 e. The van der Waals surface area contributed by atoms with E-state index in [9.17, 15) is 0 Å². The van der Waals surface area contributed by atoms with Crippen LogP contribution in [0.5, 0.6) is 0 Å². The molecule has 4 rings (SSSR count). The molecule has 45 heavy (non-hydrogen) atoms. The summed E-state index contributed by atoms with van der Waals surface area (Å²) in [4.78, 5) is 20.7. The molecule has 4 aromatic rings. The maximum atomic E-state index is 9.00. The first-order chi connectivity index (χ1) is 20.5. The number of rotatable bonds is 9. The van der Waals surface area contributed by atoms with E-state index in [-0.39, 0.29) is 27.8 Å². The number of hydrogen-bond donors (Lipinski definition) is 2. The molecule has 0 fully saturated rings. The maximum absolute atomic E-state index is 9.00. The fourth-order valence-corrected chi connectivity index (χ4v) is 11.2. The average molecular weight is 742 g/mol. The molecule has 0 aliphatic heterocycles. The second-order valence-corrected chi connectivity index (χ2v) is 16.8. The van der Waals surface area contributed by atoms with Crippen molar-refractivity contribution in [2.24, 2.45) is 0 Å². The number of aliphatic carboxylic acids is 2. The first-order valence-corrected chi connectivity index (χ1v) is 19.0. The third-order valence-electron chi connectivity index (χ3n) is 6.52. The second kappa shape index (κ2) is 23.6. The Morgan fingerprint density at radius 1 is 0.622 bits per heavy atom. The van der Waals surface area contributed by atoms with Crippen LogP contribution in [0.1, 0.15) is 34.6 Å². The minimum absolute atomic E-state index is 0. The van der Waals surface area contributed by atoms with E-state index in [0.29, 0.717) is 0 Å². The first kappa shape index (κ1) is 44.4. The van der Waals surface area contributed by atoms with Gasteiger partial charge in [0.05, 0.1) is 30.8 Å². The Bertz CT molecular complexity index is 1140. The molecule has 0 amide bonds. The van der Waals surface area contributed by atoms with Crippen molar-refractivity contribution in [3.63, 3.8) is 0 Å². The van der Waals surface area contributed by atoms with Crippen LogP contribution in [0.3, 0.4) is 0 Å². The van der Waals surface area contributed by atoms with Crippen LogP contribution in [-0.4, -0.2) is 52.8 Å². The van der Waals surface area contributed by atoms with Gasteiger partial charge in [-0.2, -0.15) is 6.66 Å². The van der Waals surface area contributed by atoms with Gasteiger partial charge in [0.25, 0.3) is 11.9 Å². The van der Waals surface area contributed by atoms with Gasteiger partial charge in [-0.3, -0.25) is 9.59 Å². The summed E-state index contributed by atoms with van der Waals surface area (Å²) >= 11 is 0. The molecule has 0 heterocycles. The minimum Gasteiger partial charge on any atom is -0.481 e. The van der Waals surface area contributed by atoms with Gasteiger partial charge in [-0.15, -0.1) is 0 Å². The summed E-state index contributed by atoms with van der Waals surface area (Å²) in [5, 5.41) is 20.5. The Labute approximate surface area is 287 Å². The molecule has 2 N–H and O–H groups in total. The van der Waals surface area contributed by atoms with Gasteiger partial charge < -0.3 is 17.6 Å². The Balaban J connectivity index is 0. The van der Waals surface area contributed by atoms with Crippen LogP contribution >= 0.6 is 14.5 Å². The topological polar surface area (TPSA) is 77.8 Å². The number of carboxylic acids is 2. The third-order valence-corrected chi connectivity index (χ3v) is 13.8. The molecule has 0 aliphatic carbocycles. The van der Waals surface area contributed by atoms with Crippen molar-refractivity contribution in [2.75, 3.05) is 25.8 Å². The molecular formula is C37H51NO4P2Pd+2. The standard InChI is InChI=1S/C30H34NP2.2C2H4O2.C2H6.CH3.Pd/c1-4-31(25-32(2,27-17-9-5-10-18-27)28-19-11-6-12-20-28)26-33(3,29-21-13-7-14-22-29)30-23-15-8-16-24-30;2*1-2(3)4;1-2;;/h5-24H,2,4,25-26H2,1,3H3;2*1H3,(H,3,4);1-2H3;1H3;/q+1;;;;-1;+2. The van der Waals surface area contributed by atoms with Crippen LogP contribution in [0.25, 0.3) is 0 Å². The van der Waals surface area contributed by atoms with Crippen molar-refractivity contribution in [3.8, 4) is 0 Å². The van der Waals surface area contributed by atoms with Crippen molar-refractivity contribution in [1.82, 2.24) is 4.90 Å². The number of hydrogen-bond acceptors (Lipinski definition) is 3. The van der Waals surface area contributed by atoms with Gasteiger partial charge in [0.2, 0.25) is 0 Å². The molecule has 0 saturated heterocycles. The predicted octanol–water partition coefficient (Wildman–Crippen LogP) is 7.64. The SMILES string of the molecule is CC.CC(=O)O.CC(=O)O.[CH2-][P+](CN(CC)C[P+](C)(c1ccccc1)c1ccccc1)(c1ccccc1)c1ccccc1.[CH3-].[Pd+2]. The van der Waals surface area contributed by atoms with Crippen LogP contribution in [0, 0.1) is 14.1 Å². The van der Waals surface area contributed by atoms with E-state index in [1.165, 1.54) is 21.2 Å². The van der Waals surface area contributed by atoms with Crippen molar-refractivity contribution in [2.45, 2.75) is 34.6 Å². The van der Waals surface area contributed by atoms with Gasteiger partial charge >= 0.3 is 20.4 Å². The number of benzene rings is 4. The zero-order valence-electron chi connectivity index (χ0n) is 27.7. The number of carboxylic acid groups (broad SMARTS) is 2. The van der Waals surface area contributed by atoms with E-state index in [4.69, 9.17) is 26.5 Å². The van der Waals surface area contributed by atoms with Crippen molar-refractivity contribution in [1.29, 1.82) is 0 Å². The van der Waals surface area contributed by atoms with Crippen LogP contribution in [-0.2, 0) is 30.0 Å². The molecule has 0 aliphatic rings. The fraction of sp³-hybridized carbons (Fsp3) is 0.243. The molecule has 5 nitrogen and oxygen atoms in total. The van der Waals surface area contributed by atoms with E-state index in [2.05, 4.69) is 140 Å². The predicted molar refractivity (Wildman–Crippen MR) is 196 cm³/mol. The molecule has 0 unspecified atom stereocenters. The van der Waals surface area contributed by atoms with Gasteiger partial charge in [-0.1, -0.05) is 93.6 Å². The molecule has 246 valence electrons. The third kappa shape index (κ3) is 15.0. The molecular weight excluding hydrogens is 691 g/mol. The van der Waals surface area contributed by atoms with E-state index >= 15 is 0 Å². The molecule has 0 radical (unpaired) electrons. The minimum atomic E-state index is -1.82. The van der Waals surface area contributed by atoms with E-state index < -0.39 is 26.5 Å². The van der Waals surface area contributed by atoms with Crippen LogP contribution in [0.2, 0.25) is 0 Å². The molecule has 8 heteroatoms. The molecule has 0 atom stereocenters. The molecule has 0 aromatic heterocycles. The average Bonchev–Trinajstić information content (AvgIpc) is 3.03. The molecule has 0 saturated carbocycles. The first-order valence-electron chi connectivity index (χ1n) is 14.4. The van der Waals surface area contributed by atoms with Crippen LogP contribution in [0.15, 0.2) is 121 Å². The summed E-state index contributed by atoms with van der Waals surface area (Å²) in [6.07, 6.45) is 2.03. The Kier molecular flexibility index (Phi) is 23.3. The summed E-state index contributed by atoms with van der Waals surface area (Å²) in [7, 11) is -3.42. The second-order valence-electron chi connectivity index (χ2n) is 9.81. The summed E-state index contributed by atoms with van der Waals surface area (Å²) < 4.78 is 0. The summed E-state index contributed by atoms with van der Waals surface area (Å²) in [5.74, 6) is -1.67. The zero-order valence-corrected chi connectivity index (χ0v) is 31.1. The summed E-state index contributed by atoms with van der Waals surface area (Å²) in [5.41, 5.74) is 0. The van der Waals surface area contributed by atoms with Crippen molar-refractivity contribution >= 4 is 47.7 Å². The van der Waals surface area contributed by atoms with Gasteiger partial charge in [-0.05, 0) is 55.8 Å². The van der Waals surface area contributed by atoms with E-state index in [1.54, 1.807) is 0 Å². The van der Waals surface area contributed by atoms with Gasteiger partial charge in [-0.25, -0.2) is 4.90 Å². The van der Waals surface area contributed by atoms with Crippen molar-refractivity contribution < 1.29 is 40.2 Å². The van der Waals surface area contributed by atoms with Gasteiger partial charge in [0, 0.05) is 20.4 Å². The van der Waals surface area contributed by atoms with Gasteiger partial charge in [0.1, 0.15) is 16.9 Å². The van der Waals surface area contributed by atoms with E-state index in [1.807, 2.05) is 13.8 Å². The monoisotopic (exact) mass is 741 g/mol. The molecule has 4 aromatic carbocycles. The largest absolute Gasteiger partial charge is 2.00 e.